The number of nitrogens with two attached hydrogens (primary N) is 2. The lowest BCUT2D eigenvalue weighted by molar-refractivity contribution is 0.0996. The molecule has 1 rings (SSSR count). The number of amides is 1. The molecule has 1 aromatic carbocycles. The molecule has 0 aliphatic rings. The van der Waals surface area contributed by atoms with Crippen molar-refractivity contribution in [1.82, 2.24) is 0 Å². The van der Waals surface area contributed by atoms with E-state index in [1.807, 2.05) is 0 Å². The predicted octanol–water partition coefficient (Wildman–Crippen LogP) is 0.507. The summed E-state index contributed by atoms with van der Waals surface area (Å²) < 4.78 is 12.7. The molecule has 4 heteroatoms. The summed E-state index contributed by atoms with van der Waals surface area (Å²) in [6.07, 6.45) is 0. The summed E-state index contributed by atoms with van der Waals surface area (Å²) >= 11 is 0. The van der Waals surface area contributed by atoms with Crippen molar-refractivity contribution in [2.75, 3.05) is 5.73 Å². The first-order valence-electron chi connectivity index (χ1n) is 2.96. The smallest absolute Gasteiger partial charge is 0.251 e. The van der Waals surface area contributed by atoms with Crippen LogP contribution in [0.25, 0.3) is 0 Å². The van der Waals surface area contributed by atoms with Crippen LogP contribution in [0.1, 0.15) is 10.4 Å². The molecular formula is C7H7FN2O. The molecule has 3 nitrogen and oxygen atoms in total. The number of hydrogen-bond acceptors (Lipinski definition) is 2. The van der Waals surface area contributed by atoms with Gasteiger partial charge in [0.15, 0.2) is 0 Å². The van der Waals surface area contributed by atoms with Gasteiger partial charge in [-0.15, -0.1) is 0 Å². The van der Waals surface area contributed by atoms with Gasteiger partial charge in [-0.3, -0.25) is 4.79 Å². The average molecular weight is 154 g/mol. The summed E-state index contributed by atoms with van der Waals surface area (Å²) in [5.74, 6) is -1.46. The second-order valence-corrected chi connectivity index (χ2v) is 2.10. The Balaban J connectivity index is 3.23. The number of carbonyl (C=O) groups is 1. The van der Waals surface area contributed by atoms with Crippen LogP contribution in [0.15, 0.2) is 18.2 Å². The summed E-state index contributed by atoms with van der Waals surface area (Å²) in [4.78, 5) is 10.5. The van der Waals surface area contributed by atoms with Gasteiger partial charge in [0.2, 0.25) is 0 Å². The minimum Gasteiger partial charge on any atom is -0.399 e. The third-order valence-electron chi connectivity index (χ3n) is 1.26. The van der Waals surface area contributed by atoms with Gasteiger partial charge in [0.1, 0.15) is 5.82 Å². The van der Waals surface area contributed by atoms with Crippen LogP contribution < -0.4 is 11.5 Å². The summed E-state index contributed by atoms with van der Waals surface area (Å²) in [7, 11) is 0. The van der Waals surface area contributed by atoms with Crippen LogP contribution in [0.3, 0.4) is 0 Å². The van der Waals surface area contributed by atoms with E-state index in [9.17, 15) is 9.18 Å². The first-order chi connectivity index (χ1) is 5.11. The maximum absolute atomic E-state index is 12.7. The average Bonchev–Trinajstić information content (AvgIpc) is 1.94. The van der Waals surface area contributed by atoms with E-state index >= 15 is 0 Å². The van der Waals surface area contributed by atoms with Crippen molar-refractivity contribution in [3.8, 4) is 0 Å². The summed E-state index contributed by atoms with van der Waals surface area (Å²) in [5.41, 5.74) is 10.3. The molecule has 4 N–H and O–H groups in total. The molecule has 0 aliphatic carbocycles. The van der Waals surface area contributed by atoms with Gasteiger partial charge in [0.25, 0.3) is 5.91 Å². The van der Waals surface area contributed by atoms with Gasteiger partial charge < -0.3 is 11.5 Å². The molecule has 1 amide bonds. The van der Waals surface area contributed by atoms with Crippen LogP contribution in [0.4, 0.5) is 10.1 Å². The normalized spacial score (nSPS) is 9.55. The number of nitrogen functional groups attached to an aromatic ring is 1. The molecule has 0 fully saturated rings. The number of rotatable bonds is 1. The van der Waals surface area contributed by atoms with Crippen molar-refractivity contribution in [2.45, 2.75) is 0 Å². The first kappa shape index (κ1) is 7.53. The highest BCUT2D eigenvalue weighted by Gasteiger charge is 2.06. The molecule has 0 aromatic heterocycles. The fourth-order valence-corrected chi connectivity index (χ4v) is 0.732. The van der Waals surface area contributed by atoms with Gasteiger partial charge in [-0.25, -0.2) is 4.39 Å². The number of carbonyl (C=O) groups excluding carboxylic acids is 1. The molecule has 11 heavy (non-hydrogen) atoms. The molecule has 0 spiro atoms. The quantitative estimate of drug-likeness (QED) is 0.578. The fourth-order valence-electron chi connectivity index (χ4n) is 0.732. The van der Waals surface area contributed by atoms with E-state index in [0.717, 1.165) is 6.07 Å². The molecule has 0 unspecified atom stereocenters. The molecule has 0 radical (unpaired) electrons. The molecular weight excluding hydrogens is 147 g/mol. The highest BCUT2D eigenvalue weighted by Crippen LogP contribution is 2.10. The van der Waals surface area contributed by atoms with Gasteiger partial charge in [-0.1, -0.05) is 0 Å². The third-order valence-corrected chi connectivity index (χ3v) is 1.26. The van der Waals surface area contributed by atoms with E-state index < -0.39 is 11.7 Å². The van der Waals surface area contributed by atoms with E-state index in [4.69, 9.17) is 11.5 Å². The Morgan fingerprint density at radius 3 is 2.55 bits per heavy atom. The molecule has 0 saturated carbocycles. The predicted molar refractivity (Wildman–Crippen MR) is 39.3 cm³/mol. The van der Waals surface area contributed by atoms with Crippen molar-refractivity contribution in [3.05, 3.63) is 29.6 Å². The largest absolute Gasteiger partial charge is 0.399 e. The zero-order chi connectivity index (χ0) is 8.43. The second-order valence-electron chi connectivity index (χ2n) is 2.10. The van der Waals surface area contributed by atoms with E-state index in [0.29, 0.717) is 5.69 Å². The molecule has 0 atom stereocenters. The number of anilines is 1. The standard InChI is InChI=1S/C7H7FN2O/c8-6-2-1-4(9)3-5(6)7(10)11/h1-3H,9H2,(H2,10,11). The van der Waals surface area contributed by atoms with Crippen LogP contribution in [-0.2, 0) is 0 Å². The van der Waals surface area contributed by atoms with Crippen LogP contribution in [0, 0.1) is 5.82 Å². The van der Waals surface area contributed by atoms with Crippen molar-refractivity contribution in [3.63, 3.8) is 0 Å². The zero-order valence-corrected chi connectivity index (χ0v) is 5.67. The van der Waals surface area contributed by atoms with Gasteiger partial charge in [0.05, 0.1) is 5.56 Å². The Labute approximate surface area is 62.8 Å². The molecule has 1 aromatic rings. The number of primary amides is 1. The van der Waals surface area contributed by atoms with E-state index in [2.05, 4.69) is 0 Å². The maximum Gasteiger partial charge on any atom is 0.251 e. The highest BCUT2D eigenvalue weighted by molar-refractivity contribution is 5.93. The van der Waals surface area contributed by atoms with Crippen LogP contribution in [0.2, 0.25) is 0 Å². The van der Waals surface area contributed by atoms with Crippen LogP contribution in [0.5, 0.6) is 0 Å². The Kier molecular flexibility index (Phi) is 1.76. The zero-order valence-electron chi connectivity index (χ0n) is 5.67. The van der Waals surface area contributed by atoms with Gasteiger partial charge >= 0.3 is 0 Å². The van der Waals surface area contributed by atoms with E-state index in [-0.39, 0.29) is 5.56 Å². The fraction of sp³-hybridized carbons (Fsp3) is 0. The van der Waals surface area contributed by atoms with Gasteiger partial charge in [-0.05, 0) is 18.2 Å². The van der Waals surface area contributed by atoms with Crippen LogP contribution in [-0.4, -0.2) is 5.91 Å². The lowest BCUT2D eigenvalue weighted by Crippen LogP contribution is -2.13. The monoisotopic (exact) mass is 154 g/mol. The molecule has 0 saturated heterocycles. The van der Waals surface area contributed by atoms with Crippen molar-refractivity contribution in [1.29, 1.82) is 0 Å². The minimum absolute atomic E-state index is 0.176. The Morgan fingerprint density at radius 1 is 1.45 bits per heavy atom. The van der Waals surface area contributed by atoms with Crippen molar-refractivity contribution in [2.24, 2.45) is 5.73 Å². The van der Waals surface area contributed by atoms with E-state index in [1.165, 1.54) is 12.1 Å². The molecule has 0 heterocycles. The van der Waals surface area contributed by atoms with Gasteiger partial charge in [0, 0.05) is 5.69 Å². The topological polar surface area (TPSA) is 69.1 Å². The number of hydrogen-bond donors (Lipinski definition) is 2. The van der Waals surface area contributed by atoms with Crippen LogP contribution >= 0.6 is 0 Å². The maximum atomic E-state index is 12.7. The second kappa shape index (κ2) is 2.57. The molecule has 0 aliphatic heterocycles. The van der Waals surface area contributed by atoms with E-state index in [1.54, 1.807) is 0 Å². The molecule has 0 bridgehead atoms. The minimum atomic E-state index is -0.810. The summed E-state index contributed by atoms with van der Waals surface area (Å²) in [6.45, 7) is 0. The Morgan fingerprint density at radius 2 is 2.09 bits per heavy atom. The number of benzene rings is 1. The lowest BCUT2D eigenvalue weighted by atomic mass is 10.2. The van der Waals surface area contributed by atoms with Gasteiger partial charge in [-0.2, -0.15) is 0 Å². The van der Waals surface area contributed by atoms with Crippen molar-refractivity contribution < 1.29 is 9.18 Å². The Bertz CT molecular complexity index is 298. The SMILES string of the molecule is NC(=O)c1cc(N)ccc1F. The lowest BCUT2D eigenvalue weighted by Gasteiger charge is -1.98. The third kappa shape index (κ3) is 1.46. The number of halogens is 1. The Hall–Kier alpha value is -1.58. The van der Waals surface area contributed by atoms with Crippen molar-refractivity contribution >= 4 is 11.6 Å². The first-order valence-corrected chi connectivity index (χ1v) is 2.96. The summed E-state index contributed by atoms with van der Waals surface area (Å²) in [5, 5.41) is 0. The summed E-state index contributed by atoms with van der Waals surface area (Å²) in [6, 6.07) is 3.68. The highest BCUT2D eigenvalue weighted by atomic mass is 19.1. The molecule has 58 valence electrons.